The van der Waals surface area contributed by atoms with Crippen LogP contribution in [0.25, 0.3) is 0 Å². The highest BCUT2D eigenvalue weighted by Gasteiger charge is 2.10. The number of carbonyl (C=O) groups excluding carboxylic acids is 3. The van der Waals surface area contributed by atoms with Crippen LogP contribution in [-0.2, 0) is 9.53 Å². The number of nitrogens with one attached hydrogen (secondary N) is 1. The minimum Gasteiger partial charge on any atom is -0.452 e. The van der Waals surface area contributed by atoms with Crippen molar-refractivity contribution in [3.63, 3.8) is 0 Å². The molecule has 0 aliphatic rings. The van der Waals surface area contributed by atoms with Crippen LogP contribution >= 0.6 is 0 Å². The molecule has 0 aliphatic carbocycles. The highest BCUT2D eigenvalue weighted by atomic mass is 16.5. The lowest BCUT2D eigenvalue weighted by atomic mass is 10.1. The Morgan fingerprint density at radius 1 is 1.08 bits per heavy atom. The quantitative estimate of drug-likeness (QED) is 0.425. The fraction of sp³-hybridized carbons (Fsp3) is 0.250. The van der Waals surface area contributed by atoms with Crippen LogP contribution in [0, 0.1) is 0 Å². The number of anilines is 1. The maximum absolute atomic E-state index is 11.8. The molecule has 6 heteroatoms. The summed E-state index contributed by atoms with van der Waals surface area (Å²) in [5.74, 6) is -0.938. The van der Waals surface area contributed by atoms with E-state index in [1.807, 2.05) is 37.4 Å². The molecule has 0 spiro atoms. The molecular formula is C20H22N2O4. The fourth-order valence-corrected chi connectivity index (χ4v) is 2.32. The molecular weight excluding hydrogens is 332 g/mol. The Labute approximate surface area is 152 Å². The smallest absolute Gasteiger partial charge is 0.338 e. The minimum absolute atomic E-state index is 0.299. The summed E-state index contributed by atoms with van der Waals surface area (Å²) in [4.78, 5) is 36.3. The zero-order chi connectivity index (χ0) is 18.8. The number of aldehydes is 1. The molecule has 0 radical (unpaired) electrons. The number of benzene rings is 2. The summed E-state index contributed by atoms with van der Waals surface area (Å²) in [6.45, 7) is 0.970. The third kappa shape index (κ3) is 6.05. The summed E-state index contributed by atoms with van der Waals surface area (Å²) < 4.78 is 4.96. The van der Waals surface area contributed by atoms with E-state index in [9.17, 15) is 14.4 Å². The van der Waals surface area contributed by atoms with Crippen LogP contribution < -0.4 is 10.2 Å². The normalized spacial score (nSPS) is 10.0. The van der Waals surface area contributed by atoms with Crippen molar-refractivity contribution in [1.82, 2.24) is 5.32 Å². The molecule has 0 fully saturated rings. The molecule has 26 heavy (non-hydrogen) atoms. The Morgan fingerprint density at radius 3 is 2.42 bits per heavy atom. The van der Waals surface area contributed by atoms with Crippen molar-refractivity contribution in [2.24, 2.45) is 0 Å². The van der Waals surface area contributed by atoms with Crippen LogP contribution in [0.5, 0.6) is 0 Å². The standard InChI is InChI=1S/C20H22N2O4/c1-22(18-6-3-2-4-7-18)13-5-12-21-19(24)15-26-20(25)17-10-8-16(14-23)9-11-17/h2-4,6-11,14H,5,12-13,15H2,1H3,(H,21,24). The van der Waals surface area contributed by atoms with E-state index < -0.39 is 5.97 Å². The summed E-state index contributed by atoms with van der Waals surface area (Å²) in [6.07, 6.45) is 1.47. The number of hydrogen-bond donors (Lipinski definition) is 1. The second-order valence-corrected chi connectivity index (χ2v) is 5.78. The van der Waals surface area contributed by atoms with Crippen LogP contribution in [-0.4, -0.2) is 44.9 Å². The number of para-hydroxylation sites is 1. The number of carbonyl (C=O) groups is 3. The molecule has 6 nitrogen and oxygen atoms in total. The SMILES string of the molecule is CN(CCCNC(=O)COC(=O)c1ccc(C=O)cc1)c1ccccc1. The first kappa shape index (κ1) is 19.2. The maximum atomic E-state index is 11.8. The number of esters is 1. The van der Waals surface area contributed by atoms with Crippen molar-refractivity contribution in [1.29, 1.82) is 0 Å². The fourth-order valence-electron chi connectivity index (χ4n) is 2.32. The summed E-state index contributed by atoms with van der Waals surface area (Å²) >= 11 is 0. The summed E-state index contributed by atoms with van der Waals surface area (Å²) in [7, 11) is 1.99. The van der Waals surface area contributed by atoms with E-state index in [0.29, 0.717) is 24.0 Å². The molecule has 0 unspecified atom stereocenters. The molecule has 0 atom stereocenters. The lowest BCUT2D eigenvalue weighted by molar-refractivity contribution is -0.124. The van der Waals surface area contributed by atoms with Crippen LogP contribution in [0.3, 0.4) is 0 Å². The third-order valence-electron chi connectivity index (χ3n) is 3.81. The zero-order valence-electron chi connectivity index (χ0n) is 14.7. The van der Waals surface area contributed by atoms with Gasteiger partial charge in [0.2, 0.25) is 0 Å². The molecule has 0 saturated carbocycles. The van der Waals surface area contributed by atoms with Gasteiger partial charge in [0.05, 0.1) is 5.56 Å². The van der Waals surface area contributed by atoms with E-state index in [4.69, 9.17) is 4.74 Å². The average molecular weight is 354 g/mol. The van der Waals surface area contributed by atoms with Gasteiger partial charge in [-0.25, -0.2) is 4.79 Å². The van der Waals surface area contributed by atoms with Crippen molar-refractivity contribution in [3.8, 4) is 0 Å². The molecule has 2 aromatic rings. The van der Waals surface area contributed by atoms with E-state index in [2.05, 4.69) is 10.2 Å². The highest BCUT2D eigenvalue weighted by molar-refractivity contribution is 5.92. The van der Waals surface area contributed by atoms with E-state index in [0.717, 1.165) is 18.7 Å². The number of hydrogen-bond acceptors (Lipinski definition) is 5. The minimum atomic E-state index is -0.596. The molecule has 0 heterocycles. The predicted octanol–water partition coefficient (Wildman–Crippen LogP) is 2.30. The Morgan fingerprint density at radius 2 is 1.77 bits per heavy atom. The summed E-state index contributed by atoms with van der Waals surface area (Å²) in [6, 6.07) is 16.0. The van der Waals surface area contributed by atoms with E-state index in [1.54, 1.807) is 0 Å². The molecule has 0 bridgehead atoms. The topological polar surface area (TPSA) is 75.7 Å². The highest BCUT2D eigenvalue weighted by Crippen LogP contribution is 2.10. The lowest BCUT2D eigenvalue weighted by Crippen LogP contribution is -2.31. The monoisotopic (exact) mass is 354 g/mol. The van der Waals surface area contributed by atoms with Crippen molar-refractivity contribution in [3.05, 3.63) is 65.7 Å². The molecule has 1 amide bonds. The van der Waals surface area contributed by atoms with Gasteiger partial charge in [-0.1, -0.05) is 30.3 Å². The average Bonchev–Trinajstić information content (AvgIpc) is 2.70. The number of amides is 1. The summed E-state index contributed by atoms with van der Waals surface area (Å²) in [5.41, 5.74) is 1.89. The number of nitrogens with zero attached hydrogens (tertiary/aromatic N) is 1. The van der Waals surface area contributed by atoms with Gasteiger partial charge in [0.15, 0.2) is 6.61 Å². The van der Waals surface area contributed by atoms with Gasteiger partial charge in [-0.15, -0.1) is 0 Å². The van der Waals surface area contributed by atoms with Gasteiger partial charge in [0, 0.05) is 31.4 Å². The Hall–Kier alpha value is -3.15. The van der Waals surface area contributed by atoms with Gasteiger partial charge in [-0.2, -0.15) is 0 Å². The Kier molecular flexibility index (Phi) is 7.36. The van der Waals surface area contributed by atoms with Crippen molar-refractivity contribution >= 4 is 23.9 Å². The Balaban J connectivity index is 1.64. The number of rotatable bonds is 9. The van der Waals surface area contributed by atoms with Crippen molar-refractivity contribution < 1.29 is 19.1 Å². The molecule has 0 aromatic heterocycles. The second-order valence-electron chi connectivity index (χ2n) is 5.78. The first-order chi connectivity index (χ1) is 12.6. The largest absolute Gasteiger partial charge is 0.452 e. The molecule has 1 N–H and O–H groups in total. The van der Waals surface area contributed by atoms with Gasteiger partial charge in [-0.05, 0) is 30.7 Å². The molecule has 0 aliphatic heterocycles. The lowest BCUT2D eigenvalue weighted by Gasteiger charge is -2.19. The van der Waals surface area contributed by atoms with E-state index >= 15 is 0 Å². The first-order valence-electron chi connectivity index (χ1n) is 8.35. The molecule has 136 valence electrons. The molecule has 2 rings (SSSR count). The van der Waals surface area contributed by atoms with Gasteiger partial charge in [0.1, 0.15) is 6.29 Å². The van der Waals surface area contributed by atoms with Crippen LogP contribution in [0.1, 0.15) is 27.1 Å². The first-order valence-corrected chi connectivity index (χ1v) is 8.35. The van der Waals surface area contributed by atoms with Crippen LogP contribution in [0.4, 0.5) is 5.69 Å². The molecule has 2 aromatic carbocycles. The van der Waals surface area contributed by atoms with Crippen molar-refractivity contribution in [2.75, 3.05) is 31.6 Å². The number of ether oxygens (including phenoxy) is 1. The van der Waals surface area contributed by atoms with E-state index in [-0.39, 0.29) is 12.5 Å². The van der Waals surface area contributed by atoms with Gasteiger partial charge >= 0.3 is 5.97 Å². The van der Waals surface area contributed by atoms with Gasteiger partial charge in [-0.3, -0.25) is 9.59 Å². The molecule has 0 saturated heterocycles. The predicted molar refractivity (Wildman–Crippen MR) is 99.5 cm³/mol. The second kappa shape index (κ2) is 9.98. The zero-order valence-corrected chi connectivity index (χ0v) is 14.7. The van der Waals surface area contributed by atoms with Crippen LogP contribution in [0.2, 0.25) is 0 Å². The Bertz CT molecular complexity index is 729. The summed E-state index contributed by atoms with van der Waals surface area (Å²) in [5, 5.41) is 2.73. The van der Waals surface area contributed by atoms with Gasteiger partial charge < -0.3 is 15.0 Å². The van der Waals surface area contributed by atoms with Crippen LogP contribution in [0.15, 0.2) is 54.6 Å². The van der Waals surface area contributed by atoms with Crippen molar-refractivity contribution in [2.45, 2.75) is 6.42 Å². The third-order valence-corrected chi connectivity index (χ3v) is 3.81. The van der Waals surface area contributed by atoms with E-state index in [1.165, 1.54) is 24.3 Å². The maximum Gasteiger partial charge on any atom is 0.338 e. The van der Waals surface area contributed by atoms with Gasteiger partial charge in [0.25, 0.3) is 5.91 Å².